The van der Waals surface area contributed by atoms with E-state index in [0.29, 0.717) is 13.0 Å². The number of nitrogens with one attached hydrogen (secondary N) is 2. The number of amides is 1. The minimum absolute atomic E-state index is 0. The number of guanidine groups is 1. The lowest BCUT2D eigenvalue weighted by Gasteiger charge is -2.34. The van der Waals surface area contributed by atoms with Crippen molar-refractivity contribution in [1.29, 1.82) is 0 Å². The largest absolute Gasteiger partial charge is 0.355 e. The molecule has 3 heterocycles. The van der Waals surface area contributed by atoms with Crippen molar-refractivity contribution in [3.63, 3.8) is 0 Å². The zero-order chi connectivity index (χ0) is 22.2. The summed E-state index contributed by atoms with van der Waals surface area (Å²) in [5, 5.41) is 6.76. The number of hydrogen-bond donors (Lipinski definition) is 2. The molecule has 4 rings (SSSR count). The average molecular weight is 564 g/mol. The molecule has 2 aliphatic heterocycles. The van der Waals surface area contributed by atoms with E-state index in [1.807, 2.05) is 23.1 Å². The lowest BCUT2D eigenvalue weighted by Crippen LogP contribution is -2.49. The van der Waals surface area contributed by atoms with Crippen molar-refractivity contribution in [3.8, 4) is 0 Å². The number of anilines is 2. The van der Waals surface area contributed by atoms with E-state index in [9.17, 15) is 4.79 Å². The first-order valence-electron chi connectivity index (χ1n) is 11.3. The third-order valence-corrected chi connectivity index (χ3v) is 5.93. The van der Waals surface area contributed by atoms with Crippen molar-refractivity contribution >= 4 is 47.5 Å². The first-order chi connectivity index (χ1) is 15.7. The minimum Gasteiger partial charge on any atom is -0.355 e. The van der Waals surface area contributed by atoms with Crippen LogP contribution in [0.15, 0.2) is 47.7 Å². The molecule has 0 radical (unpaired) electrons. The Hall–Kier alpha value is -2.47. The summed E-state index contributed by atoms with van der Waals surface area (Å²) < 4.78 is 0. The summed E-state index contributed by atoms with van der Waals surface area (Å²) in [5.74, 6) is 1.82. The maximum atomic E-state index is 11.9. The Labute approximate surface area is 212 Å². The molecule has 9 nitrogen and oxygen atoms in total. The fraction of sp³-hybridized carbons (Fsp3) is 0.478. The van der Waals surface area contributed by atoms with Gasteiger partial charge in [-0.05, 0) is 30.2 Å². The number of rotatable bonds is 7. The third kappa shape index (κ3) is 7.00. The molecule has 10 heteroatoms. The SMILES string of the molecule is CN=C(NCCN1CCN(c2ncccn2)CC1)NCc1ccc(N2CCCC2=O)cc1.I. The molecule has 1 amide bonds. The summed E-state index contributed by atoms with van der Waals surface area (Å²) >= 11 is 0. The number of halogens is 1. The fourth-order valence-electron chi connectivity index (χ4n) is 4.08. The van der Waals surface area contributed by atoms with Crippen molar-refractivity contribution in [1.82, 2.24) is 25.5 Å². The molecule has 2 aromatic rings. The topological polar surface area (TPSA) is 89.0 Å². The predicted molar refractivity (Wildman–Crippen MR) is 142 cm³/mol. The number of nitrogens with zero attached hydrogens (tertiary/aromatic N) is 6. The van der Waals surface area contributed by atoms with E-state index in [1.165, 1.54) is 0 Å². The maximum Gasteiger partial charge on any atom is 0.227 e. The molecule has 1 aromatic heterocycles. The number of aromatic nitrogens is 2. The maximum absolute atomic E-state index is 11.9. The number of piperazine rings is 1. The highest BCUT2D eigenvalue weighted by molar-refractivity contribution is 14.0. The number of benzene rings is 1. The van der Waals surface area contributed by atoms with E-state index >= 15 is 0 Å². The van der Waals surface area contributed by atoms with Crippen LogP contribution in [0.1, 0.15) is 18.4 Å². The van der Waals surface area contributed by atoms with E-state index < -0.39 is 0 Å². The number of carbonyl (C=O) groups is 1. The van der Waals surface area contributed by atoms with Crippen molar-refractivity contribution in [2.75, 3.05) is 62.7 Å². The third-order valence-electron chi connectivity index (χ3n) is 5.93. The normalized spacial score (nSPS) is 17.1. The Bertz CT molecular complexity index is 900. The monoisotopic (exact) mass is 564 g/mol. The van der Waals surface area contributed by atoms with Gasteiger partial charge in [0, 0.05) is 83.9 Å². The van der Waals surface area contributed by atoms with Crippen LogP contribution in [0.2, 0.25) is 0 Å². The van der Waals surface area contributed by atoms with Gasteiger partial charge in [-0.25, -0.2) is 9.97 Å². The Morgan fingerprint density at radius 1 is 1.03 bits per heavy atom. The number of carbonyl (C=O) groups excluding carboxylic acids is 1. The number of hydrogen-bond acceptors (Lipinski definition) is 6. The minimum atomic E-state index is 0. The molecule has 0 atom stereocenters. The molecule has 2 N–H and O–H groups in total. The Kier molecular flexibility index (Phi) is 9.67. The molecule has 0 bridgehead atoms. The molecule has 1 aromatic carbocycles. The zero-order valence-corrected chi connectivity index (χ0v) is 21.4. The van der Waals surface area contributed by atoms with Gasteiger partial charge in [-0.3, -0.25) is 14.7 Å². The molecule has 0 spiro atoms. The molecular weight excluding hydrogens is 531 g/mol. The molecule has 2 fully saturated rings. The lowest BCUT2D eigenvalue weighted by molar-refractivity contribution is -0.117. The molecule has 0 aliphatic carbocycles. The molecule has 0 unspecified atom stereocenters. The van der Waals surface area contributed by atoms with Gasteiger partial charge >= 0.3 is 0 Å². The van der Waals surface area contributed by atoms with E-state index in [1.54, 1.807) is 19.4 Å². The quantitative estimate of drug-likeness (QED) is 0.301. The summed E-state index contributed by atoms with van der Waals surface area (Å²) in [6, 6.07) is 10.0. The Morgan fingerprint density at radius 2 is 1.76 bits per heavy atom. The second-order valence-electron chi connectivity index (χ2n) is 8.05. The van der Waals surface area contributed by atoms with Crippen LogP contribution < -0.4 is 20.4 Å². The smallest absolute Gasteiger partial charge is 0.227 e. The van der Waals surface area contributed by atoms with E-state index in [-0.39, 0.29) is 29.9 Å². The van der Waals surface area contributed by atoms with Gasteiger partial charge in [0.15, 0.2) is 5.96 Å². The van der Waals surface area contributed by atoms with Crippen molar-refractivity contribution in [3.05, 3.63) is 48.3 Å². The van der Waals surface area contributed by atoms with Gasteiger partial charge in [0.25, 0.3) is 0 Å². The summed E-state index contributed by atoms with van der Waals surface area (Å²) in [4.78, 5) is 31.4. The molecule has 0 saturated carbocycles. The van der Waals surface area contributed by atoms with Crippen LogP contribution >= 0.6 is 24.0 Å². The molecule has 2 saturated heterocycles. The van der Waals surface area contributed by atoms with Gasteiger partial charge in [-0.15, -0.1) is 24.0 Å². The summed E-state index contributed by atoms with van der Waals surface area (Å²) in [6.45, 7) is 7.17. The first kappa shape index (κ1) is 25.2. The summed E-state index contributed by atoms with van der Waals surface area (Å²) in [6.07, 6.45) is 5.18. The summed E-state index contributed by atoms with van der Waals surface area (Å²) in [5.41, 5.74) is 2.14. The van der Waals surface area contributed by atoms with Gasteiger partial charge in [-0.1, -0.05) is 12.1 Å². The fourth-order valence-corrected chi connectivity index (χ4v) is 4.08. The lowest BCUT2D eigenvalue weighted by atomic mass is 10.2. The van der Waals surface area contributed by atoms with Crippen LogP contribution in [0.4, 0.5) is 11.6 Å². The van der Waals surface area contributed by atoms with Gasteiger partial charge in [0.2, 0.25) is 11.9 Å². The Balaban J connectivity index is 0.00000306. The van der Waals surface area contributed by atoms with E-state index in [2.05, 4.69) is 47.5 Å². The average Bonchev–Trinajstić information content (AvgIpc) is 3.28. The highest BCUT2D eigenvalue weighted by Gasteiger charge is 2.21. The van der Waals surface area contributed by atoms with Crippen LogP contribution in [0, 0.1) is 0 Å². The van der Waals surface area contributed by atoms with Gasteiger partial charge < -0.3 is 20.4 Å². The highest BCUT2D eigenvalue weighted by atomic mass is 127. The van der Waals surface area contributed by atoms with E-state index in [4.69, 9.17) is 0 Å². The molecule has 178 valence electrons. The van der Waals surface area contributed by atoms with Crippen molar-refractivity contribution in [2.45, 2.75) is 19.4 Å². The first-order valence-corrected chi connectivity index (χ1v) is 11.3. The van der Waals surface area contributed by atoms with E-state index in [0.717, 1.165) is 75.4 Å². The van der Waals surface area contributed by atoms with Crippen LogP contribution in [0.3, 0.4) is 0 Å². The van der Waals surface area contributed by atoms with Crippen LogP contribution in [-0.4, -0.2) is 79.6 Å². The van der Waals surface area contributed by atoms with Gasteiger partial charge in [-0.2, -0.15) is 0 Å². The molecular formula is C23H33IN8O. The zero-order valence-electron chi connectivity index (χ0n) is 19.1. The standard InChI is InChI=1S/C23H32N8O.HI/c1-24-22(28-18-19-5-7-20(8-6-19)31-12-2-4-21(31)32)25-11-13-29-14-16-30(17-15-29)23-26-9-3-10-27-23;/h3,5-10H,2,4,11-18H2,1H3,(H2,24,25,28);1H. The second-order valence-corrected chi connectivity index (χ2v) is 8.05. The van der Waals surface area contributed by atoms with Crippen LogP contribution in [-0.2, 0) is 11.3 Å². The van der Waals surface area contributed by atoms with Crippen LogP contribution in [0.25, 0.3) is 0 Å². The predicted octanol–water partition coefficient (Wildman–Crippen LogP) is 1.71. The highest BCUT2D eigenvalue weighted by Crippen LogP contribution is 2.21. The number of aliphatic imine (C=N–C) groups is 1. The van der Waals surface area contributed by atoms with Crippen LogP contribution in [0.5, 0.6) is 0 Å². The van der Waals surface area contributed by atoms with Gasteiger partial charge in [0.1, 0.15) is 0 Å². The second kappa shape index (κ2) is 12.7. The van der Waals surface area contributed by atoms with Crippen molar-refractivity contribution < 1.29 is 4.79 Å². The molecule has 2 aliphatic rings. The summed E-state index contributed by atoms with van der Waals surface area (Å²) in [7, 11) is 1.79. The van der Waals surface area contributed by atoms with Gasteiger partial charge in [0.05, 0.1) is 0 Å². The Morgan fingerprint density at radius 3 is 2.39 bits per heavy atom. The van der Waals surface area contributed by atoms with Crippen molar-refractivity contribution in [2.24, 2.45) is 4.99 Å². The molecule has 33 heavy (non-hydrogen) atoms.